The molecule has 5 nitrogen and oxygen atoms in total. The minimum Gasteiger partial charge on any atom is -0.490 e. The van der Waals surface area contributed by atoms with Crippen LogP contribution in [0.3, 0.4) is 0 Å². The molecule has 25 heavy (non-hydrogen) atoms. The Hall–Kier alpha value is -3.26. The quantitative estimate of drug-likeness (QED) is 0.740. The summed E-state index contributed by atoms with van der Waals surface area (Å²) < 4.78 is 7.83. The van der Waals surface area contributed by atoms with E-state index in [1.54, 1.807) is 6.20 Å². The maximum atomic E-state index is 9.05. The van der Waals surface area contributed by atoms with E-state index in [9.17, 15) is 0 Å². The number of aromatic nitrogens is 2. The van der Waals surface area contributed by atoms with Crippen molar-refractivity contribution in [1.29, 1.82) is 5.26 Å². The van der Waals surface area contributed by atoms with Crippen LogP contribution in [0, 0.1) is 11.3 Å². The lowest BCUT2D eigenvalue weighted by Crippen LogP contribution is -2.29. The van der Waals surface area contributed by atoms with Crippen molar-refractivity contribution in [2.45, 2.75) is 6.04 Å². The number of ether oxygens (including phenoxy) is 1. The molecule has 0 fully saturated rings. The van der Waals surface area contributed by atoms with Crippen molar-refractivity contribution >= 4 is 5.69 Å². The van der Waals surface area contributed by atoms with Crippen LogP contribution in [0.15, 0.2) is 61.2 Å². The molecule has 1 aliphatic rings. The van der Waals surface area contributed by atoms with Gasteiger partial charge in [-0.2, -0.15) is 5.26 Å². The van der Waals surface area contributed by atoms with E-state index >= 15 is 0 Å². The second-order valence-corrected chi connectivity index (χ2v) is 6.14. The van der Waals surface area contributed by atoms with Gasteiger partial charge < -0.3 is 14.2 Å². The highest BCUT2D eigenvalue weighted by atomic mass is 16.5. The van der Waals surface area contributed by atoms with Gasteiger partial charge in [-0.3, -0.25) is 0 Å². The van der Waals surface area contributed by atoms with Crippen LogP contribution < -0.4 is 9.64 Å². The van der Waals surface area contributed by atoms with Gasteiger partial charge in [0.05, 0.1) is 36.2 Å². The summed E-state index contributed by atoms with van der Waals surface area (Å²) in [5.41, 5.74) is 4.02. The highest BCUT2D eigenvalue weighted by Crippen LogP contribution is 2.36. The number of rotatable bonds is 3. The molecule has 0 saturated carbocycles. The molecule has 1 unspecified atom stereocenters. The smallest absolute Gasteiger partial charge is 0.142 e. The van der Waals surface area contributed by atoms with Crippen molar-refractivity contribution < 1.29 is 4.74 Å². The zero-order chi connectivity index (χ0) is 17.2. The Bertz CT molecular complexity index is 910. The molecule has 0 radical (unpaired) electrons. The molecule has 0 bridgehead atoms. The van der Waals surface area contributed by atoms with Crippen LogP contribution in [-0.4, -0.2) is 29.8 Å². The molecule has 0 saturated heterocycles. The summed E-state index contributed by atoms with van der Waals surface area (Å²) in [6.45, 7) is 1.59. The van der Waals surface area contributed by atoms with E-state index in [1.165, 1.54) is 0 Å². The van der Waals surface area contributed by atoms with Crippen LogP contribution >= 0.6 is 0 Å². The Morgan fingerprint density at radius 3 is 2.68 bits per heavy atom. The molecule has 5 heteroatoms. The van der Waals surface area contributed by atoms with Crippen LogP contribution in [0.2, 0.25) is 0 Å². The predicted molar refractivity (Wildman–Crippen MR) is 95.8 cm³/mol. The van der Waals surface area contributed by atoms with Gasteiger partial charge in [-0.1, -0.05) is 18.2 Å². The maximum Gasteiger partial charge on any atom is 0.142 e. The van der Waals surface area contributed by atoms with Gasteiger partial charge in [0.1, 0.15) is 12.4 Å². The summed E-state index contributed by atoms with van der Waals surface area (Å²) in [4.78, 5) is 6.42. The van der Waals surface area contributed by atoms with Gasteiger partial charge in [-0.25, -0.2) is 4.98 Å². The number of hydrogen-bond donors (Lipinski definition) is 0. The van der Waals surface area contributed by atoms with Gasteiger partial charge in [0.15, 0.2) is 0 Å². The second-order valence-electron chi connectivity index (χ2n) is 6.14. The lowest BCUT2D eigenvalue weighted by atomic mass is 9.96. The summed E-state index contributed by atoms with van der Waals surface area (Å²) >= 11 is 0. The normalized spacial score (nSPS) is 14.3. The molecule has 124 valence electrons. The monoisotopic (exact) mass is 330 g/mol. The first-order valence-electron chi connectivity index (χ1n) is 8.21. The standard InChI is InChI=1S/C20H18N4O/c1-23-10-11-25-19-7-6-17(12-18(19)23)20(24-9-8-22-14-24)16-4-2-15(13-21)3-5-16/h2-9,12,14,20H,10-11H2,1H3. The van der Waals surface area contributed by atoms with Crippen molar-refractivity contribution in [2.75, 3.05) is 25.1 Å². The summed E-state index contributed by atoms with van der Waals surface area (Å²) in [7, 11) is 2.08. The first-order valence-corrected chi connectivity index (χ1v) is 8.21. The van der Waals surface area contributed by atoms with Crippen LogP contribution in [0.4, 0.5) is 5.69 Å². The minimum absolute atomic E-state index is 0.00382. The van der Waals surface area contributed by atoms with E-state index in [2.05, 4.69) is 39.7 Å². The average Bonchev–Trinajstić information content (AvgIpc) is 3.17. The van der Waals surface area contributed by atoms with E-state index in [1.807, 2.05) is 42.9 Å². The molecule has 1 atom stereocenters. The molecule has 1 aromatic heterocycles. The van der Waals surface area contributed by atoms with Crippen LogP contribution in [0.1, 0.15) is 22.7 Å². The van der Waals surface area contributed by atoms with Gasteiger partial charge in [0.25, 0.3) is 0 Å². The van der Waals surface area contributed by atoms with E-state index < -0.39 is 0 Å². The molecule has 2 aromatic carbocycles. The first kappa shape index (κ1) is 15.3. The Morgan fingerprint density at radius 2 is 1.96 bits per heavy atom. The van der Waals surface area contributed by atoms with E-state index in [0.29, 0.717) is 12.2 Å². The van der Waals surface area contributed by atoms with Gasteiger partial charge in [-0.05, 0) is 35.4 Å². The Kier molecular flexibility index (Phi) is 3.87. The lowest BCUT2D eigenvalue weighted by molar-refractivity contribution is 0.311. The number of nitriles is 1. The summed E-state index contributed by atoms with van der Waals surface area (Å²) in [5, 5.41) is 9.05. The van der Waals surface area contributed by atoms with Crippen molar-refractivity contribution in [3.8, 4) is 11.8 Å². The molecule has 0 N–H and O–H groups in total. The van der Waals surface area contributed by atoms with Crippen LogP contribution in [0.25, 0.3) is 0 Å². The van der Waals surface area contributed by atoms with E-state index in [4.69, 9.17) is 10.00 Å². The first-order chi connectivity index (χ1) is 12.3. The van der Waals surface area contributed by atoms with E-state index in [-0.39, 0.29) is 6.04 Å². The molecule has 0 aliphatic carbocycles. The average molecular weight is 330 g/mol. The number of anilines is 1. The third kappa shape index (κ3) is 2.83. The maximum absolute atomic E-state index is 9.05. The third-order valence-electron chi connectivity index (χ3n) is 4.57. The molecular weight excluding hydrogens is 312 g/mol. The molecule has 2 heterocycles. The largest absolute Gasteiger partial charge is 0.490 e. The Morgan fingerprint density at radius 1 is 1.16 bits per heavy atom. The molecule has 3 aromatic rings. The molecule has 0 amide bonds. The number of benzene rings is 2. The lowest BCUT2D eigenvalue weighted by Gasteiger charge is -2.29. The molecule has 0 spiro atoms. The highest BCUT2D eigenvalue weighted by Gasteiger charge is 2.21. The van der Waals surface area contributed by atoms with Gasteiger partial charge in [0, 0.05) is 19.4 Å². The summed E-state index contributed by atoms with van der Waals surface area (Å²) in [5.74, 6) is 0.918. The predicted octanol–water partition coefficient (Wildman–Crippen LogP) is 3.22. The summed E-state index contributed by atoms with van der Waals surface area (Å²) in [6.07, 6.45) is 5.56. The number of nitrogens with zero attached hydrogens (tertiary/aromatic N) is 4. The van der Waals surface area contributed by atoms with Crippen molar-refractivity contribution in [2.24, 2.45) is 0 Å². The van der Waals surface area contributed by atoms with Gasteiger partial charge in [0.2, 0.25) is 0 Å². The molecule has 4 rings (SSSR count). The topological polar surface area (TPSA) is 54.1 Å². The molecule has 1 aliphatic heterocycles. The fourth-order valence-corrected chi connectivity index (χ4v) is 3.24. The number of hydrogen-bond acceptors (Lipinski definition) is 4. The molecular formula is C20H18N4O. The fraction of sp³-hybridized carbons (Fsp3) is 0.200. The van der Waals surface area contributed by atoms with Crippen LogP contribution in [-0.2, 0) is 0 Å². The van der Waals surface area contributed by atoms with Crippen LogP contribution in [0.5, 0.6) is 5.75 Å². The number of imidazole rings is 1. The fourth-order valence-electron chi connectivity index (χ4n) is 3.24. The second kappa shape index (κ2) is 6.33. The summed E-state index contributed by atoms with van der Waals surface area (Å²) in [6, 6.07) is 16.2. The van der Waals surface area contributed by atoms with Crippen molar-refractivity contribution in [3.05, 3.63) is 77.9 Å². The third-order valence-corrected chi connectivity index (χ3v) is 4.57. The Balaban J connectivity index is 1.81. The van der Waals surface area contributed by atoms with Crippen molar-refractivity contribution in [3.63, 3.8) is 0 Å². The SMILES string of the molecule is CN1CCOc2ccc(C(c3ccc(C#N)cc3)n3ccnc3)cc21. The zero-order valence-electron chi connectivity index (χ0n) is 14.0. The van der Waals surface area contributed by atoms with Gasteiger partial charge in [-0.15, -0.1) is 0 Å². The Labute approximate surface area is 146 Å². The minimum atomic E-state index is -0.00382. The van der Waals surface area contributed by atoms with Gasteiger partial charge >= 0.3 is 0 Å². The number of fused-ring (bicyclic) bond motifs is 1. The van der Waals surface area contributed by atoms with E-state index in [0.717, 1.165) is 29.1 Å². The number of likely N-dealkylation sites (N-methyl/N-ethyl adjacent to an activating group) is 1. The van der Waals surface area contributed by atoms with Crippen molar-refractivity contribution in [1.82, 2.24) is 9.55 Å². The zero-order valence-corrected chi connectivity index (χ0v) is 14.0. The highest BCUT2D eigenvalue weighted by molar-refractivity contribution is 5.62.